The minimum absolute atomic E-state index is 0.00868. The van der Waals surface area contributed by atoms with Crippen molar-refractivity contribution in [1.82, 2.24) is 4.90 Å². The number of carbonyl (C=O) groups is 1. The Bertz CT molecular complexity index is 493. The van der Waals surface area contributed by atoms with Crippen molar-refractivity contribution in [2.45, 2.75) is 38.0 Å². The Morgan fingerprint density at radius 2 is 2.14 bits per heavy atom. The highest BCUT2D eigenvalue weighted by Crippen LogP contribution is 2.32. The molecule has 0 unspecified atom stereocenters. The van der Waals surface area contributed by atoms with E-state index < -0.39 is 0 Å². The molecule has 1 aliphatic carbocycles. The number of hydrogen-bond donors (Lipinski definition) is 0. The van der Waals surface area contributed by atoms with Gasteiger partial charge in [0.1, 0.15) is 11.9 Å². The van der Waals surface area contributed by atoms with E-state index in [1.165, 1.54) is 0 Å². The summed E-state index contributed by atoms with van der Waals surface area (Å²) >= 11 is 0. The number of ether oxygens (including phenoxy) is 3. The molecule has 1 aromatic rings. The summed E-state index contributed by atoms with van der Waals surface area (Å²) in [6.45, 7) is 3.96. The van der Waals surface area contributed by atoms with Crippen molar-refractivity contribution in [3.8, 4) is 5.75 Å². The Morgan fingerprint density at radius 1 is 1.32 bits per heavy atom. The molecule has 3 atom stereocenters. The molecule has 1 amide bonds. The Labute approximate surface area is 131 Å². The monoisotopic (exact) mass is 305 g/mol. The van der Waals surface area contributed by atoms with Crippen LogP contribution in [-0.2, 0) is 14.3 Å². The first kappa shape index (κ1) is 15.3. The van der Waals surface area contributed by atoms with Gasteiger partial charge in [0.2, 0.25) is 0 Å². The predicted octanol–water partition coefficient (Wildman–Crippen LogP) is 1.86. The van der Waals surface area contributed by atoms with Gasteiger partial charge in [0, 0.05) is 13.2 Å². The highest BCUT2D eigenvalue weighted by Gasteiger charge is 2.44. The predicted molar refractivity (Wildman–Crippen MR) is 81.8 cm³/mol. The van der Waals surface area contributed by atoms with Gasteiger partial charge in [0.15, 0.2) is 6.61 Å². The van der Waals surface area contributed by atoms with Crippen LogP contribution in [0.25, 0.3) is 0 Å². The van der Waals surface area contributed by atoms with Gasteiger partial charge in [-0.15, -0.1) is 0 Å². The Balaban J connectivity index is 1.58. The number of rotatable bonds is 5. The number of amides is 1. The highest BCUT2D eigenvalue weighted by molar-refractivity contribution is 5.78. The second-order valence-electron chi connectivity index (χ2n) is 5.66. The van der Waals surface area contributed by atoms with Crippen LogP contribution in [0.1, 0.15) is 19.8 Å². The molecule has 120 valence electrons. The number of hydrogen-bond acceptors (Lipinski definition) is 4. The van der Waals surface area contributed by atoms with E-state index in [1.807, 2.05) is 42.2 Å². The molecule has 1 aromatic carbocycles. The van der Waals surface area contributed by atoms with Crippen LogP contribution in [-0.4, -0.2) is 55.4 Å². The third-order valence-corrected chi connectivity index (χ3v) is 4.34. The van der Waals surface area contributed by atoms with Gasteiger partial charge in [-0.05, 0) is 31.9 Å². The molecular formula is C17H23NO4. The van der Waals surface area contributed by atoms with Gasteiger partial charge in [-0.1, -0.05) is 18.2 Å². The molecule has 5 nitrogen and oxygen atoms in total. The van der Waals surface area contributed by atoms with Crippen LogP contribution in [0.4, 0.5) is 0 Å². The van der Waals surface area contributed by atoms with E-state index in [0.29, 0.717) is 19.8 Å². The van der Waals surface area contributed by atoms with Crippen molar-refractivity contribution in [1.29, 1.82) is 0 Å². The Kier molecular flexibility index (Phi) is 4.95. The summed E-state index contributed by atoms with van der Waals surface area (Å²) in [4.78, 5) is 14.4. The lowest BCUT2D eigenvalue weighted by Crippen LogP contribution is -2.55. The topological polar surface area (TPSA) is 48.0 Å². The van der Waals surface area contributed by atoms with Gasteiger partial charge in [0.05, 0.1) is 18.8 Å². The first-order valence-corrected chi connectivity index (χ1v) is 8.00. The standard InChI is InChI=1S/C17H23NO4/c1-2-20-15-9-8-14-17(15)21-11-10-18(14)16(19)12-22-13-6-4-3-5-7-13/h3-7,14-15,17H,2,8-12H2,1H3/t14-,15-,17+/m1/s1. The first-order valence-electron chi connectivity index (χ1n) is 8.00. The molecule has 0 spiro atoms. The molecular weight excluding hydrogens is 282 g/mol. The lowest BCUT2D eigenvalue weighted by molar-refractivity contribution is -0.153. The van der Waals surface area contributed by atoms with Gasteiger partial charge in [-0.3, -0.25) is 4.79 Å². The van der Waals surface area contributed by atoms with Crippen LogP contribution >= 0.6 is 0 Å². The SMILES string of the molecule is CCO[C@@H]1CC[C@@H]2[C@@H]1OCCN2C(=O)COc1ccccc1. The summed E-state index contributed by atoms with van der Waals surface area (Å²) in [6.07, 6.45) is 2.01. The summed E-state index contributed by atoms with van der Waals surface area (Å²) in [5.74, 6) is 0.749. The number of morpholine rings is 1. The van der Waals surface area contributed by atoms with Crippen LogP contribution in [0.2, 0.25) is 0 Å². The molecule has 1 saturated carbocycles. The Hall–Kier alpha value is -1.59. The quantitative estimate of drug-likeness (QED) is 0.833. The zero-order valence-corrected chi connectivity index (χ0v) is 12.9. The molecule has 1 aliphatic heterocycles. The summed E-state index contributed by atoms with van der Waals surface area (Å²) < 4.78 is 17.2. The summed E-state index contributed by atoms with van der Waals surface area (Å²) in [6, 6.07) is 9.56. The molecule has 0 N–H and O–H groups in total. The number of benzene rings is 1. The van der Waals surface area contributed by atoms with E-state index >= 15 is 0 Å². The maximum absolute atomic E-state index is 12.5. The smallest absolute Gasteiger partial charge is 0.260 e. The van der Waals surface area contributed by atoms with E-state index in [0.717, 1.165) is 18.6 Å². The van der Waals surface area contributed by atoms with Gasteiger partial charge in [-0.2, -0.15) is 0 Å². The van der Waals surface area contributed by atoms with Gasteiger partial charge in [0.25, 0.3) is 5.91 Å². The van der Waals surface area contributed by atoms with Crippen LogP contribution in [0.3, 0.4) is 0 Å². The fraction of sp³-hybridized carbons (Fsp3) is 0.588. The lowest BCUT2D eigenvalue weighted by Gasteiger charge is -2.39. The molecule has 0 radical (unpaired) electrons. The lowest BCUT2D eigenvalue weighted by atomic mass is 10.1. The molecule has 3 rings (SSSR count). The van der Waals surface area contributed by atoms with Crippen LogP contribution in [0.15, 0.2) is 30.3 Å². The maximum atomic E-state index is 12.5. The Morgan fingerprint density at radius 3 is 2.91 bits per heavy atom. The molecule has 2 fully saturated rings. The molecule has 22 heavy (non-hydrogen) atoms. The molecule has 0 aromatic heterocycles. The minimum atomic E-state index is 0.00868. The van der Waals surface area contributed by atoms with Crippen molar-refractivity contribution in [3.63, 3.8) is 0 Å². The van der Waals surface area contributed by atoms with Crippen LogP contribution in [0, 0.1) is 0 Å². The van der Waals surface area contributed by atoms with Crippen molar-refractivity contribution >= 4 is 5.91 Å². The molecule has 2 aliphatic rings. The molecule has 1 heterocycles. The normalized spacial score (nSPS) is 27.5. The molecule has 0 bridgehead atoms. The zero-order valence-electron chi connectivity index (χ0n) is 12.9. The van der Waals surface area contributed by atoms with Gasteiger partial charge >= 0.3 is 0 Å². The van der Waals surface area contributed by atoms with E-state index in [4.69, 9.17) is 14.2 Å². The summed E-state index contributed by atoms with van der Waals surface area (Å²) in [7, 11) is 0. The number of carbonyl (C=O) groups excluding carboxylic acids is 1. The van der Waals surface area contributed by atoms with E-state index in [2.05, 4.69) is 0 Å². The molecule has 1 saturated heterocycles. The largest absolute Gasteiger partial charge is 0.484 e. The maximum Gasteiger partial charge on any atom is 0.260 e. The zero-order chi connectivity index (χ0) is 15.4. The number of nitrogens with zero attached hydrogens (tertiary/aromatic N) is 1. The minimum Gasteiger partial charge on any atom is -0.484 e. The molecule has 5 heteroatoms. The van der Waals surface area contributed by atoms with Crippen molar-refractivity contribution in [3.05, 3.63) is 30.3 Å². The van der Waals surface area contributed by atoms with E-state index in [1.54, 1.807) is 0 Å². The van der Waals surface area contributed by atoms with E-state index in [9.17, 15) is 4.79 Å². The van der Waals surface area contributed by atoms with Gasteiger partial charge in [-0.25, -0.2) is 0 Å². The van der Waals surface area contributed by atoms with Crippen LogP contribution < -0.4 is 4.74 Å². The second kappa shape index (κ2) is 7.11. The van der Waals surface area contributed by atoms with Crippen molar-refractivity contribution in [2.24, 2.45) is 0 Å². The summed E-state index contributed by atoms with van der Waals surface area (Å²) in [5.41, 5.74) is 0. The number of fused-ring (bicyclic) bond motifs is 1. The summed E-state index contributed by atoms with van der Waals surface area (Å²) in [5, 5.41) is 0. The fourth-order valence-corrected chi connectivity index (χ4v) is 3.36. The fourth-order valence-electron chi connectivity index (χ4n) is 3.36. The van der Waals surface area contributed by atoms with Crippen LogP contribution in [0.5, 0.6) is 5.75 Å². The number of para-hydroxylation sites is 1. The van der Waals surface area contributed by atoms with E-state index in [-0.39, 0.29) is 30.8 Å². The average molecular weight is 305 g/mol. The van der Waals surface area contributed by atoms with Crippen molar-refractivity contribution < 1.29 is 19.0 Å². The third-order valence-electron chi connectivity index (χ3n) is 4.34. The second-order valence-corrected chi connectivity index (χ2v) is 5.66. The third kappa shape index (κ3) is 3.25. The first-order chi connectivity index (χ1) is 10.8. The highest BCUT2D eigenvalue weighted by atomic mass is 16.5. The average Bonchev–Trinajstić information content (AvgIpc) is 2.97. The van der Waals surface area contributed by atoms with Gasteiger partial charge < -0.3 is 19.1 Å². The van der Waals surface area contributed by atoms with Crippen molar-refractivity contribution in [2.75, 3.05) is 26.4 Å².